The fourth-order valence-electron chi connectivity index (χ4n) is 3.07. The van der Waals surface area contributed by atoms with Crippen LogP contribution in [0.2, 0.25) is 0 Å². The van der Waals surface area contributed by atoms with Gasteiger partial charge in [0.15, 0.2) is 0 Å². The van der Waals surface area contributed by atoms with E-state index in [2.05, 4.69) is 66.3 Å². The van der Waals surface area contributed by atoms with Gasteiger partial charge in [0.2, 0.25) is 0 Å². The molecule has 0 amide bonds. The molecule has 1 aromatic carbocycles. The van der Waals surface area contributed by atoms with Crippen molar-refractivity contribution < 1.29 is 0 Å². The van der Waals surface area contributed by atoms with Gasteiger partial charge in [-0.2, -0.15) is 0 Å². The summed E-state index contributed by atoms with van der Waals surface area (Å²) in [6.07, 6.45) is 5.41. The highest BCUT2D eigenvalue weighted by atomic mass is 79.9. The van der Waals surface area contributed by atoms with Gasteiger partial charge in [0.1, 0.15) is 0 Å². The van der Waals surface area contributed by atoms with Crippen LogP contribution >= 0.6 is 15.9 Å². The van der Waals surface area contributed by atoms with E-state index in [0.29, 0.717) is 11.5 Å². The fourth-order valence-corrected chi connectivity index (χ4v) is 3.52. The molecule has 0 unspecified atom stereocenters. The maximum atomic E-state index is 3.72. The highest BCUT2D eigenvalue weighted by Crippen LogP contribution is 2.37. The molecule has 0 aromatic heterocycles. The minimum absolute atomic E-state index is 0.481. The molecular formula is C17H26BrN. The maximum Gasteiger partial charge on any atom is 0.0208 e. The number of halogens is 1. The number of benzene rings is 1. The van der Waals surface area contributed by atoms with E-state index in [0.717, 1.165) is 12.5 Å². The van der Waals surface area contributed by atoms with Crippen LogP contribution < -0.4 is 5.32 Å². The second-order valence-corrected chi connectivity index (χ2v) is 7.84. The SMILES string of the molecule is CC(C)(C)C1CCC(NCc2cccc(Br)c2)CC1. The van der Waals surface area contributed by atoms with Gasteiger partial charge in [0.25, 0.3) is 0 Å². The van der Waals surface area contributed by atoms with E-state index in [9.17, 15) is 0 Å². The van der Waals surface area contributed by atoms with Crippen LogP contribution in [0.15, 0.2) is 28.7 Å². The zero-order valence-corrected chi connectivity index (χ0v) is 14.0. The summed E-state index contributed by atoms with van der Waals surface area (Å²) in [5.41, 5.74) is 1.85. The van der Waals surface area contributed by atoms with Crippen LogP contribution in [-0.4, -0.2) is 6.04 Å². The molecule has 1 saturated carbocycles. The van der Waals surface area contributed by atoms with Crippen molar-refractivity contribution >= 4 is 15.9 Å². The van der Waals surface area contributed by atoms with Gasteiger partial charge >= 0.3 is 0 Å². The summed E-state index contributed by atoms with van der Waals surface area (Å²) < 4.78 is 1.17. The molecule has 19 heavy (non-hydrogen) atoms. The monoisotopic (exact) mass is 323 g/mol. The Morgan fingerprint density at radius 2 is 1.84 bits per heavy atom. The molecule has 1 nitrogen and oxygen atoms in total. The van der Waals surface area contributed by atoms with Crippen LogP contribution in [0.25, 0.3) is 0 Å². The smallest absolute Gasteiger partial charge is 0.0208 e. The first-order valence-corrected chi connectivity index (χ1v) is 8.22. The Morgan fingerprint density at radius 1 is 1.16 bits per heavy atom. The number of rotatable bonds is 3. The van der Waals surface area contributed by atoms with Crippen molar-refractivity contribution in [3.05, 3.63) is 34.3 Å². The van der Waals surface area contributed by atoms with Crippen molar-refractivity contribution in [2.24, 2.45) is 11.3 Å². The van der Waals surface area contributed by atoms with Crippen LogP contribution in [-0.2, 0) is 6.54 Å². The first-order chi connectivity index (χ1) is 8.95. The Bertz CT molecular complexity index is 400. The predicted octanol–water partition coefficient (Wildman–Crippen LogP) is 5.14. The average Bonchev–Trinajstić information content (AvgIpc) is 2.36. The molecule has 1 N–H and O–H groups in total. The van der Waals surface area contributed by atoms with Crippen LogP contribution in [0.1, 0.15) is 52.0 Å². The highest BCUT2D eigenvalue weighted by molar-refractivity contribution is 9.10. The molecule has 2 rings (SSSR count). The van der Waals surface area contributed by atoms with Gasteiger partial charge < -0.3 is 5.32 Å². The molecule has 0 heterocycles. The molecule has 0 atom stereocenters. The number of nitrogens with one attached hydrogen (secondary N) is 1. The Hall–Kier alpha value is -0.340. The van der Waals surface area contributed by atoms with E-state index >= 15 is 0 Å². The van der Waals surface area contributed by atoms with Crippen molar-refractivity contribution in [2.75, 3.05) is 0 Å². The Labute approximate surface area is 126 Å². The van der Waals surface area contributed by atoms with Crippen LogP contribution in [0, 0.1) is 11.3 Å². The van der Waals surface area contributed by atoms with E-state index in [-0.39, 0.29) is 0 Å². The lowest BCUT2D eigenvalue weighted by atomic mass is 9.71. The summed E-state index contributed by atoms with van der Waals surface area (Å²) in [6, 6.07) is 9.29. The zero-order valence-electron chi connectivity index (χ0n) is 12.4. The third-order valence-electron chi connectivity index (χ3n) is 4.44. The average molecular weight is 324 g/mol. The molecule has 0 aliphatic heterocycles. The molecule has 1 aromatic rings. The lowest BCUT2D eigenvalue weighted by Crippen LogP contribution is -2.35. The normalized spacial score (nSPS) is 24.4. The summed E-state index contributed by atoms with van der Waals surface area (Å²) in [7, 11) is 0. The quantitative estimate of drug-likeness (QED) is 0.811. The van der Waals surface area contributed by atoms with Gasteiger partial charge in [-0.05, 0) is 54.7 Å². The molecular weight excluding hydrogens is 298 g/mol. The molecule has 1 aliphatic carbocycles. The molecule has 1 aliphatic rings. The van der Waals surface area contributed by atoms with Gasteiger partial charge in [-0.3, -0.25) is 0 Å². The Balaban J connectivity index is 1.77. The fraction of sp³-hybridized carbons (Fsp3) is 0.647. The summed E-state index contributed by atoms with van der Waals surface area (Å²) in [5.74, 6) is 0.899. The summed E-state index contributed by atoms with van der Waals surface area (Å²) in [5, 5.41) is 3.72. The van der Waals surface area contributed by atoms with Crippen LogP contribution in [0.5, 0.6) is 0 Å². The summed E-state index contributed by atoms with van der Waals surface area (Å²) >= 11 is 3.53. The molecule has 0 bridgehead atoms. The second kappa shape index (κ2) is 6.41. The van der Waals surface area contributed by atoms with Crippen LogP contribution in [0.4, 0.5) is 0 Å². The lowest BCUT2D eigenvalue weighted by Gasteiger charge is -2.37. The third kappa shape index (κ3) is 4.61. The number of hydrogen-bond acceptors (Lipinski definition) is 1. The van der Waals surface area contributed by atoms with Crippen molar-refractivity contribution in [3.63, 3.8) is 0 Å². The van der Waals surface area contributed by atoms with Gasteiger partial charge in [-0.25, -0.2) is 0 Å². The van der Waals surface area contributed by atoms with E-state index in [1.54, 1.807) is 0 Å². The third-order valence-corrected chi connectivity index (χ3v) is 4.93. The Morgan fingerprint density at radius 3 is 2.42 bits per heavy atom. The van der Waals surface area contributed by atoms with E-state index in [4.69, 9.17) is 0 Å². The van der Waals surface area contributed by atoms with E-state index < -0.39 is 0 Å². The molecule has 0 spiro atoms. The maximum absolute atomic E-state index is 3.72. The summed E-state index contributed by atoms with van der Waals surface area (Å²) in [4.78, 5) is 0. The standard InChI is InChI=1S/C17H26BrN/c1-17(2,3)14-7-9-16(10-8-14)19-12-13-5-4-6-15(18)11-13/h4-6,11,14,16,19H,7-10,12H2,1-3H3. The molecule has 0 radical (unpaired) electrons. The van der Waals surface area contributed by atoms with Gasteiger partial charge in [-0.15, -0.1) is 0 Å². The Kier molecular flexibility index (Phi) is 5.08. The van der Waals surface area contributed by atoms with Crippen molar-refractivity contribution in [2.45, 2.75) is 59.0 Å². The lowest BCUT2D eigenvalue weighted by molar-refractivity contribution is 0.160. The topological polar surface area (TPSA) is 12.0 Å². The minimum atomic E-state index is 0.481. The van der Waals surface area contributed by atoms with Crippen molar-refractivity contribution in [3.8, 4) is 0 Å². The van der Waals surface area contributed by atoms with Gasteiger partial charge in [0.05, 0.1) is 0 Å². The van der Waals surface area contributed by atoms with Gasteiger partial charge in [0, 0.05) is 17.1 Å². The molecule has 106 valence electrons. The largest absolute Gasteiger partial charge is 0.310 e. The van der Waals surface area contributed by atoms with Crippen molar-refractivity contribution in [1.82, 2.24) is 5.32 Å². The van der Waals surface area contributed by atoms with Crippen LogP contribution in [0.3, 0.4) is 0 Å². The molecule has 2 heteroatoms. The number of hydrogen-bond donors (Lipinski definition) is 1. The van der Waals surface area contributed by atoms with Crippen molar-refractivity contribution in [1.29, 1.82) is 0 Å². The highest BCUT2D eigenvalue weighted by Gasteiger charge is 2.29. The summed E-state index contributed by atoms with van der Waals surface area (Å²) in [6.45, 7) is 8.14. The van der Waals surface area contributed by atoms with E-state index in [1.807, 2.05) is 0 Å². The zero-order chi connectivity index (χ0) is 13.9. The minimum Gasteiger partial charge on any atom is -0.310 e. The van der Waals surface area contributed by atoms with Gasteiger partial charge in [-0.1, -0.05) is 48.8 Å². The molecule has 0 saturated heterocycles. The van der Waals surface area contributed by atoms with E-state index in [1.165, 1.54) is 35.7 Å². The first kappa shape index (κ1) is 15.1. The molecule has 1 fully saturated rings. The predicted molar refractivity (Wildman–Crippen MR) is 86.2 cm³/mol. The first-order valence-electron chi connectivity index (χ1n) is 7.43. The second-order valence-electron chi connectivity index (χ2n) is 6.93.